The molecule has 2 saturated heterocycles. The van der Waals surface area contributed by atoms with Gasteiger partial charge in [0.2, 0.25) is 0 Å². The van der Waals surface area contributed by atoms with Crippen molar-refractivity contribution in [3.8, 4) is 0 Å². The molecule has 0 radical (unpaired) electrons. The van der Waals surface area contributed by atoms with E-state index in [9.17, 15) is 14.7 Å². The molecule has 2 unspecified atom stereocenters. The monoisotopic (exact) mass is 358 g/mol. The molecular formula is C21H30N2O3. The maximum Gasteiger partial charge on any atom is 0.320 e. The quantitative estimate of drug-likeness (QED) is 0.838. The molecule has 26 heavy (non-hydrogen) atoms. The summed E-state index contributed by atoms with van der Waals surface area (Å²) in [5.41, 5.74) is -0.366. The topological polar surface area (TPSA) is 60.9 Å². The number of nitrogens with zero attached hydrogens (tertiary/aromatic N) is 2. The predicted octanol–water partition coefficient (Wildman–Crippen LogP) is 3.34. The Bertz CT molecular complexity index is 658. The summed E-state index contributed by atoms with van der Waals surface area (Å²) in [7, 11) is 0. The third-order valence-electron chi connectivity index (χ3n) is 8.94. The van der Waals surface area contributed by atoms with Crippen molar-refractivity contribution in [3.63, 3.8) is 0 Å². The van der Waals surface area contributed by atoms with Gasteiger partial charge in [0.15, 0.2) is 0 Å². The van der Waals surface area contributed by atoms with Gasteiger partial charge >= 0.3 is 12.0 Å². The highest BCUT2D eigenvalue weighted by Crippen LogP contribution is 2.62. The van der Waals surface area contributed by atoms with Crippen LogP contribution in [-0.2, 0) is 4.79 Å². The first-order valence-corrected chi connectivity index (χ1v) is 10.8. The number of hydrogen-bond donors (Lipinski definition) is 1. The highest BCUT2D eigenvalue weighted by atomic mass is 16.4. The molecule has 0 aromatic carbocycles. The molecule has 2 aliphatic heterocycles. The van der Waals surface area contributed by atoms with Gasteiger partial charge in [-0.1, -0.05) is 12.8 Å². The Hall–Kier alpha value is -1.26. The van der Waals surface area contributed by atoms with E-state index < -0.39 is 11.4 Å². The van der Waals surface area contributed by atoms with Gasteiger partial charge in [0.05, 0.1) is 11.0 Å². The molecule has 5 heteroatoms. The number of carbonyl (C=O) groups excluding carboxylic acids is 1. The summed E-state index contributed by atoms with van der Waals surface area (Å²) < 4.78 is 0. The maximum absolute atomic E-state index is 13.4. The largest absolute Gasteiger partial charge is 0.481 e. The zero-order valence-electron chi connectivity index (χ0n) is 15.5. The Labute approximate surface area is 155 Å². The fraction of sp³-hybridized carbons (Fsp3) is 0.905. The fourth-order valence-electron chi connectivity index (χ4n) is 8.08. The van der Waals surface area contributed by atoms with Crippen LogP contribution in [0.25, 0.3) is 0 Å². The van der Waals surface area contributed by atoms with Crippen LogP contribution in [0.2, 0.25) is 0 Å². The van der Waals surface area contributed by atoms with Crippen LogP contribution in [0.4, 0.5) is 4.79 Å². The molecule has 7 fully saturated rings. The average Bonchev–Trinajstić information content (AvgIpc) is 3.23. The first kappa shape index (κ1) is 15.8. The van der Waals surface area contributed by atoms with Crippen LogP contribution in [-0.4, -0.2) is 51.6 Å². The van der Waals surface area contributed by atoms with Crippen LogP contribution < -0.4 is 0 Å². The summed E-state index contributed by atoms with van der Waals surface area (Å²) in [5, 5.41) is 9.87. The molecule has 5 saturated carbocycles. The second-order valence-electron chi connectivity index (χ2n) is 10.6. The van der Waals surface area contributed by atoms with Crippen molar-refractivity contribution in [1.82, 2.24) is 9.80 Å². The number of urea groups is 1. The number of rotatable bonds is 4. The van der Waals surface area contributed by atoms with E-state index in [0.717, 1.165) is 57.5 Å². The molecule has 2 heterocycles. The number of fused-ring (bicyclic) bond motifs is 1. The number of amides is 2. The van der Waals surface area contributed by atoms with Gasteiger partial charge in [-0.3, -0.25) is 4.79 Å². The van der Waals surface area contributed by atoms with E-state index in [-0.39, 0.29) is 11.6 Å². The SMILES string of the molecule is O=C1N(C2C3CC4CC2CC(C(=O)O)(C4)C3)C[C@@]2(CC3CC3)CCCN12. The first-order chi connectivity index (χ1) is 12.5. The van der Waals surface area contributed by atoms with E-state index in [1.54, 1.807) is 0 Å². The van der Waals surface area contributed by atoms with Gasteiger partial charge in [0.1, 0.15) is 0 Å². The van der Waals surface area contributed by atoms with Crippen molar-refractivity contribution in [2.45, 2.75) is 75.8 Å². The standard InChI is InChI=1S/C21H30N2O3/c24-18(25)20-8-14-6-15(10-20)17(16(7-14)11-20)22-12-21(9-13-2-3-13)4-1-5-23(21)19(22)26/h13-17H,1-12H2,(H,24,25)/t14?,15?,16?,17?,20?,21-/m0/s1. The van der Waals surface area contributed by atoms with Crippen molar-refractivity contribution in [3.05, 3.63) is 0 Å². The van der Waals surface area contributed by atoms with Gasteiger partial charge in [-0.15, -0.1) is 0 Å². The van der Waals surface area contributed by atoms with Crippen LogP contribution in [0.3, 0.4) is 0 Å². The smallest absolute Gasteiger partial charge is 0.320 e. The molecule has 5 nitrogen and oxygen atoms in total. The van der Waals surface area contributed by atoms with Gasteiger partial charge in [0.25, 0.3) is 0 Å². The second-order valence-corrected chi connectivity index (χ2v) is 10.6. The molecule has 7 rings (SSSR count). The lowest BCUT2D eigenvalue weighted by Crippen LogP contribution is -2.61. The maximum atomic E-state index is 13.4. The van der Waals surface area contributed by atoms with Crippen LogP contribution in [0, 0.1) is 29.1 Å². The Kier molecular flexibility index (Phi) is 3.01. The normalized spacial score (nSPS) is 49.2. The molecule has 2 amide bonds. The fourth-order valence-corrected chi connectivity index (χ4v) is 8.08. The summed E-state index contributed by atoms with van der Waals surface area (Å²) >= 11 is 0. The van der Waals surface area contributed by atoms with Crippen LogP contribution in [0.15, 0.2) is 0 Å². The number of carbonyl (C=O) groups is 2. The minimum Gasteiger partial charge on any atom is -0.481 e. The molecule has 3 atom stereocenters. The third kappa shape index (κ3) is 1.98. The number of carboxylic acids is 1. The third-order valence-corrected chi connectivity index (χ3v) is 8.94. The van der Waals surface area contributed by atoms with E-state index in [1.165, 1.54) is 25.7 Å². The van der Waals surface area contributed by atoms with Gasteiger partial charge in [-0.25, -0.2) is 4.79 Å². The number of hydrogen-bond acceptors (Lipinski definition) is 2. The van der Waals surface area contributed by atoms with E-state index >= 15 is 0 Å². The van der Waals surface area contributed by atoms with Gasteiger partial charge in [0, 0.05) is 19.1 Å². The number of carboxylic acid groups (broad SMARTS) is 1. The zero-order valence-corrected chi connectivity index (χ0v) is 15.5. The lowest BCUT2D eigenvalue weighted by Gasteiger charge is -2.60. The van der Waals surface area contributed by atoms with Crippen molar-refractivity contribution in [2.24, 2.45) is 29.1 Å². The molecule has 0 spiro atoms. The molecule has 4 bridgehead atoms. The minimum atomic E-state index is -0.575. The average molecular weight is 358 g/mol. The minimum absolute atomic E-state index is 0.109. The van der Waals surface area contributed by atoms with E-state index in [0.29, 0.717) is 23.8 Å². The summed E-state index contributed by atoms with van der Waals surface area (Å²) in [6, 6.07) is 0.596. The Morgan fingerprint density at radius 3 is 2.54 bits per heavy atom. The van der Waals surface area contributed by atoms with Gasteiger partial charge in [-0.05, 0) is 75.0 Å². The van der Waals surface area contributed by atoms with Gasteiger partial charge < -0.3 is 14.9 Å². The van der Waals surface area contributed by atoms with Crippen LogP contribution in [0.5, 0.6) is 0 Å². The molecule has 7 aliphatic rings. The first-order valence-electron chi connectivity index (χ1n) is 10.8. The molecule has 5 aliphatic carbocycles. The molecule has 142 valence electrons. The molecule has 0 aromatic rings. The van der Waals surface area contributed by atoms with Crippen molar-refractivity contribution in [1.29, 1.82) is 0 Å². The Morgan fingerprint density at radius 1 is 1.15 bits per heavy atom. The Morgan fingerprint density at radius 2 is 1.88 bits per heavy atom. The lowest BCUT2D eigenvalue weighted by atomic mass is 9.47. The summed E-state index contributed by atoms with van der Waals surface area (Å²) in [5.74, 6) is 1.68. The van der Waals surface area contributed by atoms with E-state index in [4.69, 9.17) is 0 Å². The lowest BCUT2D eigenvalue weighted by molar-refractivity contribution is -0.170. The summed E-state index contributed by atoms with van der Waals surface area (Å²) in [4.78, 5) is 29.8. The van der Waals surface area contributed by atoms with Gasteiger partial charge in [-0.2, -0.15) is 0 Å². The highest BCUT2D eigenvalue weighted by molar-refractivity contribution is 5.80. The molecule has 1 N–H and O–H groups in total. The van der Waals surface area contributed by atoms with Crippen LogP contribution >= 0.6 is 0 Å². The van der Waals surface area contributed by atoms with Crippen molar-refractivity contribution >= 4 is 12.0 Å². The summed E-state index contributed by atoms with van der Waals surface area (Å²) in [6.45, 7) is 1.86. The van der Waals surface area contributed by atoms with E-state index in [1.807, 2.05) is 0 Å². The van der Waals surface area contributed by atoms with Crippen molar-refractivity contribution in [2.75, 3.05) is 13.1 Å². The molecular weight excluding hydrogens is 328 g/mol. The summed E-state index contributed by atoms with van der Waals surface area (Å²) in [6.07, 6.45) is 11.0. The van der Waals surface area contributed by atoms with Crippen molar-refractivity contribution < 1.29 is 14.7 Å². The predicted molar refractivity (Wildman–Crippen MR) is 95.5 cm³/mol. The molecule has 0 aromatic heterocycles. The highest BCUT2D eigenvalue weighted by Gasteiger charge is 2.63. The van der Waals surface area contributed by atoms with E-state index in [2.05, 4.69) is 9.80 Å². The Balaban J connectivity index is 1.30. The van der Waals surface area contributed by atoms with Crippen LogP contribution in [0.1, 0.15) is 64.2 Å². The zero-order chi connectivity index (χ0) is 17.7. The number of aliphatic carboxylic acids is 1. The second kappa shape index (κ2) is 4.96.